The van der Waals surface area contributed by atoms with Gasteiger partial charge >= 0.3 is 6.09 Å². The number of carbonyl (C=O) groups is 1. The maximum Gasteiger partial charge on any atom is 0.418 e. The van der Waals surface area contributed by atoms with E-state index >= 15 is 0 Å². The Hall–Kier alpha value is -2.30. The summed E-state index contributed by atoms with van der Waals surface area (Å²) in [5.41, 5.74) is 3.56. The summed E-state index contributed by atoms with van der Waals surface area (Å²) >= 11 is 0. The smallest absolute Gasteiger partial charge is 0.410 e. The first kappa shape index (κ1) is 9.26. The molecule has 0 bridgehead atoms. The largest absolute Gasteiger partial charge is 0.418 e. The summed E-state index contributed by atoms with van der Waals surface area (Å²) in [6, 6.07) is 8.79. The molecule has 0 fully saturated rings. The first-order valence-electron chi connectivity index (χ1n) is 4.33. The highest BCUT2D eigenvalue weighted by Crippen LogP contribution is 2.08. The first-order valence-corrected chi connectivity index (χ1v) is 4.33. The molecule has 2 rings (SSSR count). The van der Waals surface area contributed by atoms with Crippen LogP contribution in [0.3, 0.4) is 0 Å². The van der Waals surface area contributed by atoms with Crippen LogP contribution in [-0.4, -0.2) is 11.9 Å². The second kappa shape index (κ2) is 4.28. The Morgan fingerprint density at radius 3 is 2.73 bits per heavy atom. The van der Waals surface area contributed by atoms with E-state index in [1.54, 1.807) is 30.3 Å². The van der Waals surface area contributed by atoms with Crippen LogP contribution in [-0.2, 0) is 0 Å². The van der Waals surface area contributed by atoms with E-state index in [1.807, 2.05) is 6.07 Å². The van der Waals surface area contributed by atoms with E-state index in [4.69, 9.17) is 4.74 Å². The summed E-state index contributed by atoms with van der Waals surface area (Å²) < 4.78 is 4.97. The summed E-state index contributed by atoms with van der Waals surface area (Å²) in [5, 5.41) is 6.07. The standard InChI is InChI=1S/C10H8N3O2/c14-10(12-9-6-7-11-13-9)15-8-4-2-1-3-5-8/h1-7H,(H,12,13,14). The van der Waals surface area contributed by atoms with Gasteiger partial charge in [0, 0.05) is 6.08 Å². The highest BCUT2D eigenvalue weighted by atomic mass is 16.6. The minimum absolute atomic E-state index is 0.371. The van der Waals surface area contributed by atoms with E-state index in [1.165, 1.54) is 6.20 Å². The van der Waals surface area contributed by atoms with Crippen molar-refractivity contribution in [1.29, 1.82) is 0 Å². The summed E-state index contributed by atoms with van der Waals surface area (Å²) in [6.45, 7) is 0. The van der Waals surface area contributed by atoms with Crippen LogP contribution in [0.5, 0.6) is 5.75 Å². The molecule has 75 valence electrons. The molecule has 0 saturated carbocycles. The van der Waals surface area contributed by atoms with Crippen LogP contribution < -0.4 is 15.5 Å². The predicted molar refractivity (Wildman–Crippen MR) is 54.3 cm³/mol. The summed E-state index contributed by atoms with van der Waals surface area (Å²) in [4.78, 5) is 11.3. The molecule has 1 amide bonds. The molecule has 5 heteroatoms. The quantitative estimate of drug-likeness (QED) is 0.744. The molecule has 1 aromatic carbocycles. The third-order valence-electron chi connectivity index (χ3n) is 1.65. The lowest BCUT2D eigenvalue weighted by Gasteiger charge is -2.03. The predicted octanol–water partition coefficient (Wildman–Crippen LogP) is 1.22. The maximum atomic E-state index is 11.3. The van der Waals surface area contributed by atoms with Gasteiger partial charge in [-0.15, -0.1) is 5.10 Å². The average molecular weight is 202 g/mol. The van der Waals surface area contributed by atoms with Gasteiger partial charge in [0.05, 0.1) is 6.20 Å². The van der Waals surface area contributed by atoms with Crippen molar-refractivity contribution in [1.82, 2.24) is 10.7 Å². The summed E-state index contributed by atoms with van der Waals surface area (Å²) in [5.74, 6) is 0.852. The summed E-state index contributed by atoms with van der Waals surface area (Å²) in [7, 11) is 0. The average Bonchev–Trinajstić information content (AvgIpc) is 2.71. The minimum atomic E-state index is -0.582. The van der Waals surface area contributed by atoms with Crippen molar-refractivity contribution < 1.29 is 9.53 Å². The molecule has 0 aromatic heterocycles. The Kier molecular flexibility index (Phi) is 2.64. The van der Waals surface area contributed by atoms with Crippen molar-refractivity contribution in [3.63, 3.8) is 0 Å². The highest BCUT2D eigenvalue weighted by Gasteiger charge is 2.08. The van der Waals surface area contributed by atoms with Crippen molar-refractivity contribution in [2.24, 2.45) is 5.10 Å². The molecule has 1 radical (unpaired) electrons. The molecule has 1 heterocycles. The zero-order chi connectivity index (χ0) is 10.5. The molecular formula is C10H8N3O2. The van der Waals surface area contributed by atoms with Crippen LogP contribution in [0.25, 0.3) is 0 Å². The Bertz CT molecular complexity index is 412. The van der Waals surface area contributed by atoms with E-state index in [-0.39, 0.29) is 0 Å². The highest BCUT2D eigenvalue weighted by molar-refractivity contribution is 6.03. The maximum absolute atomic E-state index is 11.3. The molecule has 0 atom stereocenters. The van der Waals surface area contributed by atoms with Gasteiger partial charge in [-0.05, 0) is 12.1 Å². The first-order chi connectivity index (χ1) is 7.34. The number of rotatable bonds is 1. The van der Waals surface area contributed by atoms with Gasteiger partial charge < -0.3 is 4.74 Å². The molecule has 0 aliphatic carbocycles. The molecule has 1 aromatic rings. The molecule has 0 unspecified atom stereocenters. The van der Waals surface area contributed by atoms with Crippen molar-refractivity contribution in [2.45, 2.75) is 0 Å². The van der Waals surface area contributed by atoms with Crippen LogP contribution in [0.1, 0.15) is 0 Å². The molecule has 1 aliphatic rings. The minimum Gasteiger partial charge on any atom is -0.410 e. The van der Waals surface area contributed by atoms with E-state index in [2.05, 4.69) is 15.8 Å². The lowest BCUT2D eigenvalue weighted by atomic mass is 10.3. The van der Waals surface area contributed by atoms with Crippen molar-refractivity contribution >= 4 is 11.9 Å². The molecular weight excluding hydrogens is 194 g/mol. The second-order valence-electron chi connectivity index (χ2n) is 2.74. The van der Waals surface area contributed by atoms with E-state index < -0.39 is 6.09 Å². The Morgan fingerprint density at radius 2 is 2.07 bits per heavy atom. The van der Waals surface area contributed by atoms with Crippen molar-refractivity contribution in [3.05, 3.63) is 42.6 Å². The molecule has 0 spiro atoms. The van der Waals surface area contributed by atoms with Crippen LogP contribution in [0.4, 0.5) is 4.79 Å². The lowest BCUT2D eigenvalue weighted by molar-refractivity contribution is 0.206. The van der Waals surface area contributed by atoms with Crippen LogP contribution >= 0.6 is 0 Å². The van der Waals surface area contributed by atoms with Crippen LogP contribution in [0, 0.1) is 0 Å². The zero-order valence-corrected chi connectivity index (χ0v) is 7.75. The normalized spacial score (nSPS) is 12.9. The van der Waals surface area contributed by atoms with Gasteiger partial charge in [-0.1, -0.05) is 18.2 Å². The number of hydrogen-bond acceptors (Lipinski definition) is 3. The number of para-hydroxylation sites is 1. The Balaban J connectivity index is 1.90. The van der Waals surface area contributed by atoms with Gasteiger partial charge in [-0.25, -0.2) is 4.79 Å². The number of nitrogens with zero attached hydrogens (tertiary/aromatic N) is 2. The Labute approximate surface area is 86.4 Å². The molecule has 1 aliphatic heterocycles. The van der Waals surface area contributed by atoms with Gasteiger partial charge in [0.25, 0.3) is 0 Å². The molecule has 0 saturated heterocycles. The third-order valence-corrected chi connectivity index (χ3v) is 1.65. The lowest BCUT2D eigenvalue weighted by Crippen LogP contribution is -2.31. The van der Waals surface area contributed by atoms with Crippen LogP contribution in [0.2, 0.25) is 0 Å². The Morgan fingerprint density at radius 1 is 1.27 bits per heavy atom. The topological polar surface area (TPSA) is 64.8 Å². The summed E-state index contributed by atoms with van der Waals surface area (Å²) in [6.07, 6.45) is 2.48. The molecule has 15 heavy (non-hydrogen) atoms. The van der Waals surface area contributed by atoms with Crippen LogP contribution in [0.15, 0.2) is 47.7 Å². The fraction of sp³-hybridized carbons (Fsp3) is 0. The van der Waals surface area contributed by atoms with Gasteiger partial charge in [0.15, 0.2) is 5.84 Å². The number of amides is 1. The van der Waals surface area contributed by atoms with E-state index in [0.29, 0.717) is 11.6 Å². The third kappa shape index (κ3) is 2.57. The SMILES string of the molecule is O=C(NC1=N[N]C=C1)Oc1ccccc1. The van der Waals surface area contributed by atoms with E-state index in [9.17, 15) is 4.79 Å². The molecule has 5 nitrogen and oxygen atoms in total. The van der Waals surface area contributed by atoms with Gasteiger partial charge in [-0.3, -0.25) is 5.32 Å². The van der Waals surface area contributed by atoms with E-state index in [0.717, 1.165) is 0 Å². The zero-order valence-electron chi connectivity index (χ0n) is 7.75. The molecule has 1 N–H and O–H groups in total. The fourth-order valence-electron chi connectivity index (χ4n) is 1.03. The number of amidine groups is 1. The second-order valence-corrected chi connectivity index (χ2v) is 2.74. The number of hydrogen-bond donors (Lipinski definition) is 1. The van der Waals surface area contributed by atoms with Gasteiger partial charge in [-0.2, -0.15) is 5.43 Å². The number of ether oxygens (including phenoxy) is 1. The van der Waals surface area contributed by atoms with Crippen molar-refractivity contribution in [2.75, 3.05) is 0 Å². The van der Waals surface area contributed by atoms with Gasteiger partial charge in [0.2, 0.25) is 0 Å². The monoisotopic (exact) mass is 202 g/mol. The fourth-order valence-corrected chi connectivity index (χ4v) is 1.03. The number of benzene rings is 1. The number of carbonyl (C=O) groups excluding carboxylic acids is 1. The van der Waals surface area contributed by atoms with Crippen molar-refractivity contribution in [3.8, 4) is 5.75 Å². The number of nitrogens with one attached hydrogen (secondary N) is 1. The van der Waals surface area contributed by atoms with Gasteiger partial charge in [0.1, 0.15) is 5.75 Å².